The van der Waals surface area contributed by atoms with E-state index in [2.05, 4.69) is 5.32 Å². The van der Waals surface area contributed by atoms with Gasteiger partial charge in [-0.15, -0.1) is 12.4 Å². The summed E-state index contributed by atoms with van der Waals surface area (Å²) in [4.78, 5) is 23.5. The second kappa shape index (κ2) is 8.44. The third-order valence-electron chi connectivity index (χ3n) is 3.69. The van der Waals surface area contributed by atoms with Gasteiger partial charge in [-0.25, -0.2) is 0 Å². The zero-order valence-corrected chi connectivity index (χ0v) is 13.9. The SMILES string of the molecule is CCC(CC)(CN)NC(=O)CCn1c(C)csc1=O.Cl. The molecule has 0 aromatic carbocycles. The number of nitrogens with zero attached hydrogens (tertiary/aromatic N) is 1. The molecule has 0 saturated heterocycles. The molecule has 0 aliphatic carbocycles. The Morgan fingerprint density at radius 3 is 2.45 bits per heavy atom. The van der Waals surface area contributed by atoms with Crippen LogP contribution in [0.15, 0.2) is 10.2 Å². The largest absolute Gasteiger partial charge is 0.349 e. The Hall–Kier alpha value is -0.850. The van der Waals surface area contributed by atoms with Crippen molar-refractivity contribution in [2.45, 2.75) is 52.1 Å². The van der Waals surface area contributed by atoms with Crippen LogP contribution in [0, 0.1) is 6.92 Å². The maximum atomic E-state index is 12.0. The number of thiazole rings is 1. The minimum absolute atomic E-state index is 0. The molecule has 5 nitrogen and oxygen atoms in total. The third-order valence-corrected chi connectivity index (χ3v) is 4.57. The van der Waals surface area contributed by atoms with Crippen LogP contribution in [-0.2, 0) is 11.3 Å². The molecule has 0 aliphatic rings. The predicted octanol–water partition coefficient (Wildman–Crippen LogP) is 1.66. The van der Waals surface area contributed by atoms with Crippen molar-refractivity contribution in [1.82, 2.24) is 9.88 Å². The number of carbonyl (C=O) groups is 1. The van der Waals surface area contributed by atoms with Crippen LogP contribution < -0.4 is 15.9 Å². The molecule has 0 atom stereocenters. The van der Waals surface area contributed by atoms with Crippen LogP contribution in [0.3, 0.4) is 0 Å². The third kappa shape index (κ3) is 4.61. The van der Waals surface area contributed by atoms with E-state index in [0.717, 1.165) is 18.5 Å². The lowest BCUT2D eigenvalue weighted by atomic mass is 9.93. The first kappa shape index (κ1) is 19.1. The molecular weight excluding hydrogens is 298 g/mol. The van der Waals surface area contributed by atoms with E-state index in [-0.39, 0.29) is 28.7 Å². The molecule has 1 amide bonds. The monoisotopic (exact) mass is 321 g/mol. The molecule has 0 bridgehead atoms. The summed E-state index contributed by atoms with van der Waals surface area (Å²) in [5, 5.41) is 4.81. The van der Waals surface area contributed by atoms with Gasteiger partial charge in [-0.2, -0.15) is 0 Å². The predicted molar refractivity (Wildman–Crippen MR) is 85.7 cm³/mol. The topological polar surface area (TPSA) is 77.1 Å². The fourth-order valence-corrected chi connectivity index (χ4v) is 2.77. The van der Waals surface area contributed by atoms with Gasteiger partial charge in [-0.3, -0.25) is 9.59 Å². The average molecular weight is 322 g/mol. The Balaban J connectivity index is 0.00000361. The van der Waals surface area contributed by atoms with Crippen LogP contribution in [0.4, 0.5) is 0 Å². The van der Waals surface area contributed by atoms with Gasteiger partial charge >= 0.3 is 4.87 Å². The second-order valence-electron chi connectivity index (χ2n) is 4.78. The molecule has 0 unspecified atom stereocenters. The van der Waals surface area contributed by atoms with Crippen LogP contribution in [0.5, 0.6) is 0 Å². The standard InChI is InChI=1S/C13H23N3O2S.ClH/c1-4-13(5-2,9-14)15-11(17)6-7-16-10(3)8-19-12(16)18;/h8H,4-7,9,14H2,1-3H3,(H,15,17);1H. The Kier molecular flexibility index (Phi) is 8.08. The number of aromatic nitrogens is 1. The van der Waals surface area contributed by atoms with Crippen LogP contribution in [-0.4, -0.2) is 22.6 Å². The first-order valence-electron chi connectivity index (χ1n) is 6.64. The Bertz CT molecular complexity index is 472. The Morgan fingerprint density at radius 1 is 1.45 bits per heavy atom. The summed E-state index contributed by atoms with van der Waals surface area (Å²) in [7, 11) is 0. The molecule has 1 rings (SSSR count). The average Bonchev–Trinajstić information content (AvgIpc) is 2.73. The normalized spacial score (nSPS) is 11.0. The number of amides is 1. The van der Waals surface area contributed by atoms with Crippen molar-refractivity contribution in [3.8, 4) is 0 Å². The Labute approximate surface area is 130 Å². The molecule has 0 spiro atoms. The number of nitrogens with one attached hydrogen (secondary N) is 1. The Morgan fingerprint density at radius 2 is 2.05 bits per heavy atom. The summed E-state index contributed by atoms with van der Waals surface area (Å²) in [6.45, 7) is 6.77. The maximum Gasteiger partial charge on any atom is 0.307 e. The molecule has 0 radical (unpaired) electrons. The molecule has 0 fully saturated rings. The van der Waals surface area contributed by atoms with E-state index in [4.69, 9.17) is 5.73 Å². The van der Waals surface area contributed by atoms with Gasteiger partial charge in [0.25, 0.3) is 0 Å². The van der Waals surface area contributed by atoms with Crippen molar-refractivity contribution >= 4 is 29.7 Å². The molecule has 1 aromatic heterocycles. The van der Waals surface area contributed by atoms with Crippen molar-refractivity contribution in [2.75, 3.05) is 6.54 Å². The molecule has 7 heteroatoms. The molecule has 0 aliphatic heterocycles. The lowest BCUT2D eigenvalue weighted by molar-refractivity contribution is -0.123. The molecule has 1 heterocycles. The number of hydrogen-bond acceptors (Lipinski definition) is 4. The summed E-state index contributed by atoms with van der Waals surface area (Å²) in [5.74, 6) is -0.0494. The van der Waals surface area contributed by atoms with E-state index >= 15 is 0 Å². The summed E-state index contributed by atoms with van der Waals surface area (Å²) < 4.78 is 1.63. The van der Waals surface area contributed by atoms with Crippen LogP contribution in [0.25, 0.3) is 0 Å². The van der Waals surface area contributed by atoms with E-state index in [1.165, 1.54) is 11.3 Å². The lowest BCUT2D eigenvalue weighted by Gasteiger charge is -2.31. The highest BCUT2D eigenvalue weighted by Gasteiger charge is 2.26. The van der Waals surface area contributed by atoms with Gasteiger partial charge in [-0.1, -0.05) is 25.2 Å². The van der Waals surface area contributed by atoms with Gasteiger partial charge in [0.15, 0.2) is 0 Å². The number of rotatable bonds is 7. The van der Waals surface area contributed by atoms with E-state index in [9.17, 15) is 9.59 Å². The van der Waals surface area contributed by atoms with Gasteiger partial charge in [0.1, 0.15) is 0 Å². The van der Waals surface area contributed by atoms with Crippen LogP contribution >= 0.6 is 23.7 Å². The molecule has 3 N–H and O–H groups in total. The minimum atomic E-state index is -0.314. The zero-order chi connectivity index (χ0) is 14.5. The first-order chi connectivity index (χ1) is 8.98. The molecule has 1 aromatic rings. The summed E-state index contributed by atoms with van der Waals surface area (Å²) in [6.07, 6.45) is 1.92. The first-order valence-corrected chi connectivity index (χ1v) is 7.52. The zero-order valence-electron chi connectivity index (χ0n) is 12.3. The van der Waals surface area contributed by atoms with Gasteiger partial charge < -0.3 is 15.6 Å². The van der Waals surface area contributed by atoms with Gasteiger partial charge in [0, 0.05) is 30.6 Å². The highest BCUT2D eigenvalue weighted by molar-refractivity contribution is 7.07. The van der Waals surface area contributed by atoms with E-state index in [0.29, 0.717) is 19.5 Å². The van der Waals surface area contributed by atoms with Gasteiger partial charge in [0.2, 0.25) is 5.91 Å². The molecule has 116 valence electrons. The van der Waals surface area contributed by atoms with Crippen LogP contribution in [0.1, 0.15) is 38.8 Å². The van der Waals surface area contributed by atoms with Gasteiger partial charge in [-0.05, 0) is 19.8 Å². The van der Waals surface area contributed by atoms with Gasteiger partial charge in [0.05, 0.1) is 5.54 Å². The molecular formula is C13H24ClN3O2S. The van der Waals surface area contributed by atoms with Crippen molar-refractivity contribution in [3.05, 3.63) is 20.7 Å². The summed E-state index contributed by atoms with van der Waals surface area (Å²) >= 11 is 1.17. The van der Waals surface area contributed by atoms with Crippen molar-refractivity contribution < 1.29 is 4.79 Å². The number of nitrogens with two attached hydrogens (primary N) is 1. The molecule has 0 saturated carbocycles. The van der Waals surface area contributed by atoms with Crippen molar-refractivity contribution in [3.63, 3.8) is 0 Å². The number of aryl methyl sites for hydroxylation is 1. The van der Waals surface area contributed by atoms with E-state index < -0.39 is 0 Å². The highest BCUT2D eigenvalue weighted by atomic mass is 35.5. The summed E-state index contributed by atoms with van der Waals surface area (Å²) in [5.41, 5.74) is 6.34. The smallest absolute Gasteiger partial charge is 0.307 e. The minimum Gasteiger partial charge on any atom is -0.349 e. The fourth-order valence-electron chi connectivity index (χ4n) is 2.01. The van der Waals surface area contributed by atoms with Crippen molar-refractivity contribution in [2.24, 2.45) is 5.73 Å². The second-order valence-corrected chi connectivity index (χ2v) is 5.61. The number of carbonyl (C=O) groups excluding carboxylic acids is 1. The highest BCUT2D eigenvalue weighted by Crippen LogP contribution is 2.13. The quantitative estimate of drug-likeness (QED) is 0.802. The van der Waals surface area contributed by atoms with Crippen molar-refractivity contribution in [1.29, 1.82) is 0 Å². The van der Waals surface area contributed by atoms with Crippen LogP contribution in [0.2, 0.25) is 0 Å². The number of halogens is 1. The summed E-state index contributed by atoms with van der Waals surface area (Å²) in [6, 6.07) is 0. The van der Waals surface area contributed by atoms with E-state index in [1.807, 2.05) is 26.2 Å². The lowest BCUT2D eigenvalue weighted by Crippen LogP contribution is -2.53. The molecule has 20 heavy (non-hydrogen) atoms. The maximum absolute atomic E-state index is 12.0. The fraction of sp³-hybridized carbons (Fsp3) is 0.692. The number of hydrogen-bond donors (Lipinski definition) is 2. The van der Waals surface area contributed by atoms with E-state index in [1.54, 1.807) is 4.57 Å².